The van der Waals surface area contributed by atoms with Crippen LogP contribution in [0.1, 0.15) is 22.3 Å². The fraction of sp³-hybridized carbons (Fsp3) is 0.100. The van der Waals surface area contributed by atoms with Crippen molar-refractivity contribution in [2.45, 2.75) is 13.1 Å². The first kappa shape index (κ1) is 22.9. The number of hydrogen-bond acceptors (Lipinski definition) is 3. The predicted octanol–water partition coefficient (Wildman–Crippen LogP) is 6.90. The summed E-state index contributed by atoms with van der Waals surface area (Å²) in [6, 6.07) is 34.2. The molecular formula is C30H26ClN3O. The highest BCUT2D eigenvalue weighted by atomic mass is 35.5. The fourth-order valence-corrected chi connectivity index (χ4v) is 4.55. The molecule has 0 saturated heterocycles. The molecular weight excluding hydrogens is 454 g/mol. The summed E-state index contributed by atoms with van der Waals surface area (Å²) in [4.78, 5) is 15.3. The number of rotatable bonds is 7. The lowest BCUT2D eigenvalue weighted by Crippen LogP contribution is -2.17. The molecule has 0 aromatic heterocycles. The molecule has 4 aromatic carbocycles. The van der Waals surface area contributed by atoms with Crippen LogP contribution in [0.5, 0.6) is 0 Å². The van der Waals surface area contributed by atoms with Gasteiger partial charge in [0.2, 0.25) is 0 Å². The van der Waals surface area contributed by atoms with E-state index in [1.54, 1.807) is 6.07 Å². The van der Waals surface area contributed by atoms with Gasteiger partial charge in [-0.1, -0.05) is 90.5 Å². The number of amides is 1. The van der Waals surface area contributed by atoms with Crippen LogP contribution in [-0.2, 0) is 17.9 Å². The minimum absolute atomic E-state index is 0.146. The second-order valence-corrected chi connectivity index (χ2v) is 9.18. The zero-order valence-corrected chi connectivity index (χ0v) is 20.2. The molecule has 1 heterocycles. The Morgan fingerprint density at radius 1 is 0.829 bits per heavy atom. The van der Waals surface area contributed by atoms with Gasteiger partial charge in [0.1, 0.15) is 0 Å². The Balaban J connectivity index is 1.40. The molecule has 174 valence electrons. The molecule has 0 bridgehead atoms. The summed E-state index contributed by atoms with van der Waals surface area (Å²) in [5, 5.41) is 7.05. The zero-order chi connectivity index (χ0) is 24.2. The molecule has 0 fully saturated rings. The molecule has 0 saturated carbocycles. The SMILES string of the molecule is CN(Cc1ccccc1)Cc1ccc(N/C(=C2\C(=O)Nc3cc(Cl)ccc32)c2ccccc2)cc1. The van der Waals surface area contributed by atoms with E-state index in [1.807, 2.05) is 48.5 Å². The van der Waals surface area contributed by atoms with E-state index >= 15 is 0 Å². The van der Waals surface area contributed by atoms with E-state index in [0.717, 1.165) is 41.3 Å². The molecule has 4 aromatic rings. The van der Waals surface area contributed by atoms with Crippen LogP contribution >= 0.6 is 11.6 Å². The fourth-order valence-electron chi connectivity index (χ4n) is 4.38. The lowest BCUT2D eigenvalue weighted by atomic mass is 10.00. The third kappa shape index (κ3) is 5.29. The van der Waals surface area contributed by atoms with Gasteiger partial charge >= 0.3 is 0 Å². The van der Waals surface area contributed by atoms with Crippen LogP contribution in [0.25, 0.3) is 11.3 Å². The van der Waals surface area contributed by atoms with E-state index < -0.39 is 0 Å². The lowest BCUT2D eigenvalue weighted by Gasteiger charge is -2.18. The highest BCUT2D eigenvalue weighted by Gasteiger charge is 2.28. The van der Waals surface area contributed by atoms with Gasteiger partial charge in [-0.2, -0.15) is 0 Å². The van der Waals surface area contributed by atoms with Crippen molar-refractivity contribution in [3.63, 3.8) is 0 Å². The Labute approximate surface area is 210 Å². The van der Waals surface area contributed by atoms with Crippen molar-refractivity contribution in [3.8, 4) is 0 Å². The summed E-state index contributed by atoms with van der Waals surface area (Å²) in [5.41, 5.74) is 7.31. The van der Waals surface area contributed by atoms with Gasteiger partial charge in [-0.05, 0) is 48.0 Å². The van der Waals surface area contributed by atoms with Gasteiger partial charge in [-0.3, -0.25) is 9.69 Å². The maximum Gasteiger partial charge on any atom is 0.258 e. The quantitative estimate of drug-likeness (QED) is 0.283. The molecule has 0 radical (unpaired) electrons. The van der Waals surface area contributed by atoms with Crippen LogP contribution in [0.15, 0.2) is 103 Å². The van der Waals surface area contributed by atoms with Crippen LogP contribution < -0.4 is 10.6 Å². The van der Waals surface area contributed by atoms with Crippen molar-refractivity contribution >= 4 is 40.2 Å². The Hall–Kier alpha value is -3.86. The predicted molar refractivity (Wildman–Crippen MR) is 145 cm³/mol. The van der Waals surface area contributed by atoms with E-state index in [2.05, 4.69) is 71.1 Å². The molecule has 5 rings (SSSR count). The van der Waals surface area contributed by atoms with Gasteiger partial charge in [-0.25, -0.2) is 0 Å². The number of benzene rings is 4. The number of nitrogens with one attached hydrogen (secondary N) is 2. The number of halogens is 1. The van der Waals surface area contributed by atoms with Crippen molar-refractivity contribution in [3.05, 3.63) is 130 Å². The Kier molecular flexibility index (Phi) is 6.66. The van der Waals surface area contributed by atoms with E-state index in [4.69, 9.17) is 11.6 Å². The van der Waals surface area contributed by atoms with E-state index in [-0.39, 0.29) is 5.91 Å². The molecule has 1 aliphatic rings. The minimum atomic E-state index is -0.146. The Morgan fingerprint density at radius 3 is 2.14 bits per heavy atom. The van der Waals surface area contributed by atoms with Crippen LogP contribution in [0.4, 0.5) is 11.4 Å². The zero-order valence-electron chi connectivity index (χ0n) is 19.5. The largest absolute Gasteiger partial charge is 0.354 e. The molecule has 5 heteroatoms. The monoisotopic (exact) mass is 479 g/mol. The molecule has 0 spiro atoms. The number of hydrogen-bond donors (Lipinski definition) is 2. The van der Waals surface area contributed by atoms with E-state index in [1.165, 1.54) is 11.1 Å². The lowest BCUT2D eigenvalue weighted by molar-refractivity contribution is -0.110. The summed E-state index contributed by atoms with van der Waals surface area (Å²) >= 11 is 6.15. The minimum Gasteiger partial charge on any atom is -0.354 e. The highest BCUT2D eigenvalue weighted by molar-refractivity contribution is 6.38. The standard InChI is InChI=1S/C30H26ClN3O/c1-34(19-21-8-4-2-5-9-21)20-22-12-15-25(16-13-22)32-29(23-10-6-3-7-11-23)28-26-17-14-24(31)18-27(26)33-30(28)35/h2-18,32H,19-20H2,1H3,(H,33,35)/b29-28-. The van der Waals surface area contributed by atoms with Gasteiger partial charge < -0.3 is 10.6 Å². The Bertz CT molecular complexity index is 1370. The first-order chi connectivity index (χ1) is 17.1. The normalized spacial score (nSPS) is 14.0. The van der Waals surface area contributed by atoms with Crippen LogP contribution in [0, 0.1) is 0 Å². The number of carbonyl (C=O) groups is 1. The first-order valence-electron chi connectivity index (χ1n) is 11.6. The van der Waals surface area contributed by atoms with Crippen molar-refractivity contribution in [1.82, 2.24) is 4.90 Å². The molecule has 0 aliphatic carbocycles. The topological polar surface area (TPSA) is 44.4 Å². The van der Waals surface area contributed by atoms with Gasteiger partial charge in [0.15, 0.2) is 0 Å². The van der Waals surface area contributed by atoms with Gasteiger partial charge in [0.25, 0.3) is 5.91 Å². The van der Waals surface area contributed by atoms with Gasteiger partial charge in [-0.15, -0.1) is 0 Å². The second-order valence-electron chi connectivity index (χ2n) is 8.74. The number of anilines is 2. The average molecular weight is 480 g/mol. The Morgan fingerprint density at radius 2 is 1.46 bits per heavy atom. The summed E-state index contributed by atoms with van der Waals surface area (Å²) in [5.74, 6) is -0.146. The summed E-state index contributed by atoms with van der Waals surface area (Å²) in [6.07, 6.45) is 0. The number of carbonyl (C=O) groups excluding carboxylic acids is 1. The molecule has 0 atom stereocenters. The van der Waals surface area contributed by atoms with E-state index in [9.17, 15) is 4.79 Å². The number of nitrogens with zero attached hydrogens (tertiary/aromatic N) is 1. The molecule has 0 unspecified atom stereocenters. The number of fused-ring (bicyclic) bond motifs is 1. The highest BCUT2D eigenvalue weighted by Crippen LogP contribution is 2.38. The van der Waals surface area contributed by atoms with Crippen molar-refractivity contribution in [2.24, 2.45) is 0 Å². The summed E-state index contributed by atoms with van der Waals surface area (Å²) < 4.78 is 0. The third-order valence-electron chi connectivity index (χ3n) is 6.01. The smallest absolute Gasteiger partial charge is 0.258 e. The van der Waals surface area contributed by atoms with Gasteiger partial charge in [0.05, 0.1) is 17.0 Å². The molecule has 1 aliphatic heterocycles. The molecule has 4 nitrogen and oxygen atoms in total. The van der Waals surface area contributed by atoms with E-state index in [0.29, 0.717) is 10.6 Å². The molecule has 1 amide bonds. The molecule has 35 heavy (non-hydrogen) atoms. The maximum atomic E-state index is 13.0. The van der Waals surface area contributed by atoms with Crippen LogP contribution in [-0.4, -0.2) is 17.9 Å². The summed E-state index contributed by atoms with van der Waals surface area (Å²) in [7, 11) is 2.12. The second kappa shape index (κ2) is 10.2. The summed E-state index contributed by atoms with van der Waals surface area (Å²) in [6.45, 7) is 1.74. The van der Waals surface area contributed by atoms with Crippen molar-refractivity contribution in [2.75, 3.05) is 17.7 Å². The van der Waals surface area contributed by atoms with Crippen LogP contribution in [0.2, 0.25) is 5.02 Å². The van der Waals surface area contributed by atoms with Crippen molar-refractivity contribution < 1.29 is 4.79 Å². The van der Waals surface area contributed by atoms with Crippen molar-refractivity contribution in [1.29, 1.82) is 0 Å². The average Bonchev–Trinajstić information content (AvgIpc) is 3.19. The van der Waals surface area contributed by atoms with Crippen LogP contribution in [0.3, 0.4) is 0 Å². The maximum absolute atomic E-state index is 13.0. The third-order valence-corrected chi connectivity index (χ3v) is 6.24. The molecule has 2 N–H and O–H groups in total. The first-order valence-corrected chi connectivity index (χ1v) is 11.9. The van der Waals surface area contributed by atoms with Gasteiger partial charge in [0, 0.05) is 29.4 Å².